The number of carbonyl (C=O) groups is 3. The highest BCUT2D eigenvalue weighted by Gasteiger charge is 2.35. The minimum absolute atomic E-state index is 0.0291. The number of aryl methyl sites for hydroxylation is 1. The zero-order valence-electron chi connectivity index (χ0n) is 21.1. The van der Waals surface area contributed by atoms with E-state index in [0.717, 1.165) is 23.2 Å². The average molecular weight is 481 g/mol. The second-order valence-electron chi connectivity index (χ2n) is 9.80. The van der Waals surface area contributed by atoms with Crippen LogP contribution in [0, 0.1) is 5.92 Å². The van der Waals surface area contributed by atoms with Crippen molar-refractivity contribution in [1.82, 2.24) is 15.2 Å². The second kappa shape index (κ2) is 11.8. The number of para-hydroxylation sites is 1. The van der Waals surface area contributed by atoms with Crippen molar-refractivity contribution in [3.8, 4) is 0 Å². The number of carbonyl (C=O) groups excluding carboxylic acids is 3. The van der Waals surface area contributed by atoms with Gasteiger partial charge >= 0.3 is 6.09 Å². The number of ether oxygens (including phenoxy) is 1. The molecule has 8 heteroatoms. The standard InChI is InChI=1S/C27H36N4O4/c1-5-21-11-6-7-12-23(21)31-19-22(16-24(31)32)25(33)29-14-9-15-30(26(34)35-27(2,3)4)18-20-10-8-13-28-17-20/h6-8,10-13,17,22H,5,9,14-16,18-19H2,1-4H3,(H,29,33). The molecule has 0 saturated carbocycles. The van der Waals surface area contributed by atoms with E-state index in [4.69, 9.17) is 4.74 Å². The first kappa shape index (κ1) is 26.2. The van der Waals surface area contributed by atoms with Gasteiger partial charge in [0.15, 0.2) is 0 Å². The number of hydrogen-bond acceptors (Lipinski definition) is 5. The van der Waals surface area contributed by atoms with Crippen LogP contribution < -0.4 is 10.2 Å². The third kappa shape index (κ3) is 7.53. The number of hydrogen-bond donors (Lipinski definition) is 1. The Morgan fingerprint density at radius 2 is 1.97 bits per heavy atom. The molecule has 2 aromatic rings. The van der Waals surface area contributed by atoms with Crippen molar-refractivity contribution in [2.45, 2.75) is 59.1 Å². The Hall–Kier alpha value is -3.42. The molecule has 1 fully saturated rings. The molecule has 1 N–H and O–H groups in total. The van der Waals surface area contributed by atoms with Crippen LogP contribution in [-0.4, -0.2) is 53.0 Å². The number of aromatic nitrogens is 1. The van der Waals surface area contributed by atoms with E-state index in [9.17, 15) is 14.4 Å². The fourth-order valence-corrected chi connectivity index (χ4v) is 4.09. The maximum absolute atomic E-state index is 12.8. The van der Waals surface area contributed by atoms with Crippen LogP contribution in [0.15, 0.2) is 48.8 Å². The van der Waals surface area contributed by atoms with Crippen molar-refractivity contribution >= 4 is 23.6 Å². The Kier molecular flexibility index (Phi) is 8.84. The molecule has 1 aliphatic rings. The molecule has 35 heavy (non-hydrogen) atoms. The third-order valence-corrected chi connectivity index (χ3v) is 5.81. The van der Waals surface area contributed by atoms with E-state index in [1.165, 1.54) is 0 Å². The van der Waals surface area contributed by atoms with E-state index in [1.54, 1.807) is 22.2 Å². The van der Waals surface area contributed by atoms with Crippen molar-refractivity contribution in [2.75, 3.05) is 24.5 Å². The third-order valence-electron chi connectivity index (χ3n) is 5.81. The summed E-state index contributed by atoms with van der Waals surface area (Å²) in [5, 5.41) is 2.94. The minimum atomic E-state index is -0.601. The number of benzene rings is 1. The van der Waals surface area contributed by atoms with Crippen LogP contribution in [0.25, 0.3) is 0 Å². The topological polar surface area (TPSA) is 91.8 Å². The van der Waals surface area contributed by atoms with Crippen molar-refractivity contribution in [3.63, 3.8) is 0 Å². The number of rotatable bonds is 9. The Morgan fingerprint density at radius 3 is 2.66 bits per heavy atom. The summed E-state index contributed by atoms with van der Waals surface area (Å²) in [6.07, 6.45) is 4.60. The van der Waals surface area contributed by atoms with Gasteiger partial charge in [-0.25, -0.2) is 4.79 Å². The lowest BCUT2D eigenvalue weighted by Gasteiger charge is -2.27. The van der Waals surface area contributed by atoms with Gasteiger partial charge in [-0.15, -0.1) is 0 Å². The van der Waals surface area contributed by atoms with Gasteiger partial charge in [-0.2, -0.15) is 0 Å². The molecule has 188 valence electrons. The first-order chi connectivity index (χ1) is 16.7. The van der Waals surface area contributed by atoms with Crippen LogP contribution in [0.3, 0.4) is 0 Å². The highest BCUT2D eigenvalue weighted by atomic mass is 16.6. The Balaban J connectivity index is 1.52. The van der Waals surface area contributed by atoms with E-state index >= 15 is 0 Å². The molecule has 1 atom stereocenters. The average Bonchev–Trinajstić information content (AvgIpc) is 3.21. The molecule has 1 aromatic carbocycles. The Labute approximate surface area is 207 Å². The summed E-state index contributed by atoms with van der Waals surface area (Å²) in [6.45, 7) is 9.13. The van der Waals surface area contributed by atoms with Gasteiger partial charge in [0.05, 0.1) is 12.5 Å². The van der Waals surface area contributed by atoms with Crippen LogP contribution in [0.4, 0.5) is 10.5 Å². The molecule has 1 unspecified atom stereocenters. The second-order valence-corrected chi connectivity index (χ2v) is 9.80. The molecular formula is C27H36N4O4. The lowest BCUT2D eigenvalue weighted by molar-refractivity contribution is -0.126. The molecule has 8 nitrogen and oxygen atoms in total. The molecule has 3 rings (SSSR count). The SMILES string of the molecule is CCc1ccccc1N1CC(C(=O)NCCCN(Cc2cccnc2)C(=O)OC(C)(C)C)CC1=O. The Bertz CT molecular complexity index is 1020. The number of nitrogens with one attached hydrogen (secondary N) is 1. The van der Waals surface area contributed by atoms with E-state index < -0.39 is 11.7 Å². The Morgan fingerprint density at radius 1 is 1.20 bits per heavy atom. The molecule has 0 radical (unpaired) electrons. The highest BCUT2D eigenvalue weighted by Crippen LogP contribution is 2.28. The van der Waals surface area contributed by atoms with Gasteiger partial charge in [0.2, 0.25) is 11.8 Å². The molecule has 3 amide bonds. The van der Waals surface area contributed by atoms with Crippen molar-refractivity contribution in [2.24, 2.45) is 5.92 Å². The molecule has 1 aromatic heterocycles. The van der Waals surface area contributed by atoms with Crippen LogP contribution in [0.5, 0.6) is 0 Å². The fraction of sp³-hybridized carbons (Fsp3) is 0.481. The van der Waals surface area contributed by atoms with Crippen LogP contribution in [0.2, 0.25) is 0 Å². The summed E-state index contributed by atoms with van der Waals surface area (Å²) >= 11 is 0. The van der Waals surface area contributed by atoms with Gasteiger partial charge in [-0.3, -0.25) is 14.6 Å². The van der Waals surface area contributed by atoms with Gasteiger partial charge in [0, 0.05) is 44.1 Å². The van der Waals surface area contributed by atoms with Crippen LogP contribution >= 0.6 is 0 Å². The zero-order chi connectivity index (χ0) is 25.4. The highest BCUT2D eigenvalue weighted by molar-refractivity contribution is 6.00. The summed E-state index contributed by atoms with van der Waals surface area (Å²) in [7, 11) is 0. The summed E-state index contributed by atoms with van der Waals surface area (Å²) in [5.41, 5.74) is 2.28. The summed E-state index contributed by atoms with van der Waals surface area (Å²) in [4.78, 5) is 45.6. The summed E-state index contributed by atoms with van der Waals surface area (Å²) in [6, 6.07) is 11.6. The monoisotopic (exact) mass is 480 g/mol. The smallest absolute Gasteiger partial charge is 0.410 e. The van der Waals surface area contributed by atoms with Crippen LogP contribution in [0.1, 0.15) is 51.7 Å². The predicted molar refractivity (Wildman–Crippen MR) is 135 cm³/mol. The maximum Gasteiger partial charge on any atom is 0.410 e. The van der Waals surface area contributed by atoms with E-state index in [2.05, 4.69) is 17.2 Å². The summed E-state index contributed by atoms with van der Waals surface area (Å²) < 4.78 is 5.55. The molecule has 0 bridgehead atoms. The quantitative estimate of drug-likeness (QED) is 0.549. The van der Waals surface area contributed by atoms with Crippen LogP contribution in [-0.2, 0) is 27.3 Å². The van der Waals surface area contributed by atoms with Crippen molar-refractivity contribution in [1.29, 1.82) is 0 Å². The molecule has 1 saturated heterocycles. The first-order valence-corrected chi connectivity index (χ1v) is 12.2. The fourth-order valence-electron chi connectivity index (χ4n) is 4.09. The lowest BCUT2D eigenvalue weighted by Crippen LogP contribution is -2.39. The van der Waals surface area contributed by atoms with Gasteiger partial charge in [-0.05, 0) is 56.9 Å². The molecule has 1 aliphatic heterocycles. The molecular weight excluding hydrogens is 444 g/mol. The van der Waals surface area contributed by atoms with Gasteiger partial charge in [-0.1, -0.05) is 31.2 Å². The van der Waals surface area contributed by atoms with Crippen molar-refractivity contribution in [3.05, 3.63) is 59.9 Å². The van der Waals surface area contributed by atoms with Gasteiger partial charge < -0.3 is 19.9 Å². The van der Waals surface area contributed by atoms with E-state index in [1.807, 2.05) is 57.2 Å². The van der Waals surface area contributed by atoms with E-state index in [0.29, 0.717) is 32.6 Å². The van der Waals surface area contributed by atoms with Crippen molar-refractivity contribution < 1.29 is 19.1 Å². The largest absolute Gasteiger partial charge is 0.444 e. The normalized spacial score (nSPS) is 15.7. The van der Waals surface area contributed by atoms with Gasteiger partial charge in [0.1, 0.15) is 5.60 Å². The zero-order valence-corrected chi connectivity index (χ0v) is 21.1. The number of nitrogens with zero attached hydrogens (tertiary/aromatic N) is 3. The molecule has 0 aliphatic carbocycles. The van der Waals surface area contributed by atoms with Gasteiger partial charge in [0.25, 0.3) is 0 Å². The number of anilines is 1. The predicted octanol–water partition coefficient (Wildman–Crippen LogP) is 3.94. The molecule has 2 heterocycles. The maximum atomic E-state index is 12.8. The minimum Gasteiger partial charge on any atom is -0.444 e. The number of pyridine rings is 1. The van der Waals surface area contributed by atoms with E-state index in [-0.39, 0.29) is 24.2 Å². The molecule has 0 spiro atoms. The summed E-state index contributed by atoms with van der Waals surface area (Å²) in [5.74, 6) is -0.547. The lowest BCUT2D eigenvalue weighted by atomic mass is 10.1. The number of amides is 3. The first-order valence-electron chi connectivity index (χ1n) is 12.2.